The van der Waals surface area contributed by atoms with Crippen molar-refractivity contribution in [2.75, 3.05) is 4.72 Å². The minimum Gasteiger partial charge on any atom is -0.279 e. The van der Waals surface area contributed by atoms with Crippen LogP contribution < -0.4 is 4.72 Å². The van der Waals surface area contributed by atoms with Gasteiger partial charge in [0.2, 0.25) is 0 Å². The molecule has 3 rings (SSSR count). The van der Waals surface area contributed by atoms with E-state index in [1.54, 1.807) is 0 Å². The van der Waals surface area contributed by atoms with Crippen molar-refractivity contribution in [2.24, 2.45) is 0 Å². The highest BCUT2D eigenvalue weighted by Gasteiger charge is 2.33. The van der Waals surface area contributed by atoms with Gasteiger partial charge < -0.3 is 0 Å². The number of rotatable bonds is 4. The lowest BCUT2D eigenvalue weighted by Crippen LogP contribution is -2.16. The van der Waals surface area contributed by atoms with Crippen LogP contribution in [0.25, 0.3) is 5.69 Å². The summed E-state index contributed by atoms with van der Waals surface area (Å²) in [4.78, 5) is -1.13. The van der Waals surface area contributed by atoms with Gasteiger partial charge in [-0.1, -0.05) is 6.07 Å². The first-order chi connectivity index (χ1) is 12.6. The molecule has 0 aliphatic rings. The van der Waals surface area contributed by atoms with E-state index in [-0.39, 0.29) is 11.4 Å². The topological polar surface area (TPSA) is 64.0 Å². The van der Waals surface area contributed by atoms with Crippen LogP contribution in [0.5, 0.6) is 0 Å². The van der Waals surface area contributed by atoms with Crippen LogP contribution in [0.3, 0.4) is 0 Å². The summed E-state index contributed by atoms with van der Waals surface area (Å²) in [6.07, 6.45) is -3.50. The second-order valence-corrected chi connectivity index (χ2v) is 6.97. The SMILES string of the molecule is O=S(=O)(Nc1ccc(-n2ccc(C(F)(F)F)n2)cc1)c1c(F)cccc1F. The van der Waals surface area contributed by atoms with E-state index in [0.717, 1.165) is 35.1 Å². The third-order valence-electron chi connectivity index (χ3n) is 3.45. The lowest BCUT2D eigenvalue weighted by Gasteiger charge is -2.10. The third-order valence-corrected chi connectivity index (χ3v) is 4.88. The van der Waals surface area contributed by atoms with Gasteiger partial charge in [-0.25, -0.2) is 21.9 Å². The molecule has 0 spiro atoms. The number of nitrogens with one attached hydrogen (secondary N) is 1. The van der Waals surface area contributed by atoms with Gasteiger partial charge in [0.05, 0.1) is 5.69 Å². The van der Waals surface area contributed by atoms with Crippen LogP contribution in [0.1, 0.15) is 5.69 Å². The van der Waals surface area contributed by atoms with Crippen LogP contribution >= 0.6 is 0 Å². The van der Waals surface area contributed by atoms with E-state index in [1.807, 2.05) is 4.72 Å². The molecule has 0 atom stereocenters. The summed E-state index contributed by atoms with van der Waals surface area (Å²) in [6.45, 7) is 0. The maximum Gasteiger partial charge on any atom is 0.435 e. The molecule has 2 aromatic carbocycles. The van der Waals surface area contributed by atoms with Gasteiger partial charge in [0.15, 0.2) is 10.6 Å². The number of nitrogens with zero attached hydrogens (tertiary/aromatic N) is 2. The number of sulfonamides is 1. The number of aromatic nitrogens is 2. The molecule has 0 unspecified atom stereocenters. The average Bonchev–Trinajstić information content (AvgIpc) is 3.05. The molecule has 11 heteroatoms. The van der Waals surface area contributed by atoms with Gasteiger partial charge in [0.1, 0.15) is 11.6 Å². The highest BCUT2D eigenvalue weighted by molar-refractivity contribution is 7.92. The van der Waals surface area contributed by atoms with E-state index in [0.29, 0.717) is 0 Å². The summed E-state index contributed by atoms with van der Waals surface area (Å²) in [6, 6.07) is 8.45. The standard InChI is InChI=1S/C16H10F5N3O2S/c17-12-2-1-3-13(18)15(12)27(25,26)23-10-4-6-11(7-5-10)24-9-8-14(22-24)16(19,20)21/h1-9,23H. The van der Waals surface area contributed by atoms with E-state index in [2.05, 4.69) is 5.10 Å². The Morgan fingerprint density at radius 3 is 2.04 bits per heavy atom. The van der Waals surface area contributed by atoms with Crippen molar-refractivity contribution >= 4 is 15.7 Å². The minimum atomic E-state index is -4.59. The van der Waals surface area contributed by atoms with Crippen molar-refractivity contribution in [2.45, 2.75) is 11.1 Å². The van der Waals surface area contributed by atoms with Gasteiger partial charge in [0, 0.05) is 11.9 Å². The molecule has 0 bridgehead atoms. The van der Waals surface area contributed by atoms with Crippen molar-refractivity contribution in [3.63, 3.8) is 0 Å². The molecule has 5 nitrogen and oxygen atoms in total. The normalized spacial score (nSPS) is 12.2. The quantitative estimate of drug-likeness (QED) is 0.671. The van der Waals surface area contributed by atoms with Crippen molar-refractivity contribution < 1.29 is 30.4 Å². The molecule has 27 heavy (non-hydrogen) atoms. The van der Waals surface area contributed by atoms with Crippen molar-refractivity contribution in [1.29, 1.82) is 0 Å². The van der Waals surface area contributed by atoms with E-state index < -0.39 is 38.4 Å². The fourth-order valence-electron chi connectivity index (χ4n) is 2.25. The number of hydrogen-bond donors (Lipinski definition) is 1. The Morgan fingerprint density at radius 2 is 1.52 bits per heavy atom. The fourth-order valence-corrected chi connectivity index (χ4v) is 3.44. The van der Waals surface area contributed by atoms with Crippen LogP contribution in [0, 0.1) is 11.6 Å². The Morgan fingerprint density at radius 1 is 0.926 bits per heavy atom. The summed E-state index contributed by atoms with van der Waals surface area (Å²) in [7, 11) is -4.54. The monoisotopic (exact) mass is 403 g/mol. The summed E-state index contributed by atoms with van der Waals surface area (Å²) in [5.74, 6) is -2.51. The molecule has 0 saturated carbocycles. The Balaban J connectivity index is 1.85. The average molecular weight is 403 g/mol. The molecule has 0 aliphatic carbocycles. The molecule has 1 heterocycles. The Bertz CT molecular complexity index is 1060. The highest BCUT2D eigenvalue weighted by Crippen LogP contribution is 2.28. The van der Waals surface area contributed by atoms with Crippen LogP contribution in [0.2, 0.25) is 0 Å². The predicted molar refractivity (Wildman–Crippen MR) is 85.7 cm³/mol. The summed E-state index contributed by atoms with van der Waals surface area (Å²) in [5.41, 5.74) is -0.891. The number of alkyl halides is 3. The number of hydrogen-bond acceptors (Lipinski definition) is 3. The van der Waals surface area contributed by atoms with E-state index >= 15 is 0 Å². The third kappa shape index (κ3) is 3.92. The van der Waals surface area contributed by atoms with Crippen LogP contribution in [0.4, 0.5) is 27.6 Å². The van der Waals surface area contributed by atoms with E-state index in [1.165, 1.54) is 24.3 Å². The second kappa shape index (κ2) is 6.65. The lowest BCUT2D eigenvalue weighted by atomic mass is 10.3. The first-order valence-corrected chi connectivity index (χ1v) is 8.76. The zero-order chi connectivity index (χ0) is 19.8. The summed E-state index contributed by atoms with van der Waals surface area (Å²) in [5, 5.41) is 3.38. The zero-order valence-electron chi connectivity index (χ0n) is 13.2. The first kappa shape index (κ1) is 18.8. The number of anilines is 1. The van der Waals surface area contributed by atoms with Gasteiger partial charge in [0.25, 0.3) is 10.0 Å². The molecular weight excluding hydrogens is 393 g/mol. The zero-order valence-corrected chi connectivity index (χ0v) is 14.0. The maximum absolute atomic E-state index is 13.7. The number of halogens is 5. The largest absolute Gasteiger partial charge is 0.435 e. The Labute approximate surface area is 150 Å². The van der Waals surface area contributed by atoms with Crippen molar-refractivity contribution in [1.82, 2.24) is 9.78 Å². The lowest BCUT2D eigenvalue weighted by molar-refractivity contribution is -0.141. The molecule has 0 radical (unpaired) electrons. The summed E-state index contributed by atoms with van der Waals surface area (Å²) < 4.78 is 92.4. The van der Waals surface area contributed by atoms with Crippen LogP contribution in [-0.4, -0.2) is 18.2 Å². The smallest absolute Gasteiger partial charge is 0.279 e. The van der Waals surface area contributed by atoms with Crippen LogP contribution in [0.15, 0.2) is 59.6 Å². The molecule has 0 saturated heterocycles. The molecule has 0 amide bonds. The fraction of sp³-hybridized carbons (Fsp3) is 0.0625. The number of benzene rings is 2. The van der Waals surface area contributed by atoms with Gasteiger partial charge in [-0.3, -0.25) is 4.72 Å². The Kier molecular flexibility index (Phi) is 4.64. The van der Waals surface area contributed by atoms with E-state index in [9.17, 15) is 30.4 Å². The van der Waals surface area contributed by atoms with Crippen molar-refractivity contribution in [3.8, 4) is 5.69 Å². The first-order valence-electron chi connectivity index (χ1n) is 7.28. The summed E-state index contributed by atoms with van der Waals surface area (Å²) >= 11 is 0. The van der Waals surface area contributed by atoms with Gasteiger partial charge in [-0.15, -0.1) is 0 Å². The van der Waals surface area contributed by atoms with Gasteiger partial charge in [-0.05, 0) is 42.5 Å². The second-order valence-electron chi connectivity index (χ2n) is 5.35. The van der Waals surface area contributed by atoms with Crippen molar-refractivity contribution in [3.05, 3.63) is 72.1 Å². The molecular formula is C16H10F5N3O2S. The minimum absolute atomic E-state index is 0.0374. The molecule has 1 aromatic heterocycles. The molecule has 0 aliphatic heterocycles. The maximum atomic E-state index is 13.7. The Hall–Kier alpha value is -2.95. The van der Waals surface area contributed by atoms with Gasteiger partial charge >= 0.3 is 6.18 Å². The van der Waals surface area contributed by atoms with Crippen LogP contribution in [-0.2, 0) is 16.2 Å². The van der Waals surface area contributed by atoms with E-state index in [4.69, 9.17) is 0 Å². The molecule has 142 valence electrons. The predicted octanol–water partition coefficient (Wildman–Crippen LogP) is 3.97. The molecule has 0 fully saturated rings. The molecule has 1 N–H and O–H groups in total. The molecule has 3 aromatic rings. The highest BCUT2D eigenvalue weighted by atomic mass is 32.2. The van der Waals surface area contributed by atoms with Gasteiger partial charge in [-0.2, -0.15) is 18.3 Å².